The summed E-state index contributed by atoms with van der Waals surface area (Å²) in [6.45, 7) is 7.99. The molecule has 2 aromatic rings. The van der Waals surface area contributed by atoms with Crippen molar-refractivity contribution < 1.29 is 4.79 Å². The minimum atomic E-state index is 0.174. The molecule has 1 aromatic heterocycles. The van der Waals surface area contributed by atoms with Gasteiger partial charge in [-0.1, -0.05) is 0 Å². The Kier molecular flexibility index (Phi) is 6.02. The lowest BCUT2D eigenvalue weighted by Crippen LogP contribution is -2.47. The molecule has 0 atom stereocenters. The molecule has 4 saturated carbocycles. The van der Waals surface area contributed by atoms with Gasteiger partial charge in [0.25, 0.3) is 0 Å². The molecular formula is C27H37N5O. The van der Waals surface area contributed by atoms with Crippen molar-refractivity contribution in [1.29, 1.82) is 0 Å². The fourth-order valence-corrected chi connectivity index (χ4v) is 7.16. The van der Waals surface area contributed by atoms with Crippen LogP contribution in [0.15, 0.2) is 30.3 Å². The van der Waals surface area contributed by atoms with Crippen molar-refractivity contribution in [3.8, 4) is 0 Å². The van der Waals surface area contributed by atoms with Crippen LogP contribution >= 0.6 is 0 Å². The number of benzene rings is 1. The summed E-state index contributed by atoms with van der Waals surface area (Å²) in [6.07, 6.45) is 8.73. The molecule has 4 bridgehead atoms. The Morgan fingerprint density at radius 2 is 1.55 bits per heavy atom. The minimum absolute atomic E-state index is 0.174. The van der Waals surface area contributed by atoms with Crippen molar-refractivity contribution in [2.75, 3.05) is 28.6 Å². The maximum Gasteiger partial charge on any atom is 0.224 e. The zero-order valence-electron chi connectivity index (χ0n) is 20.2. The molecule has 4 aliphatic carbocycles. The number of aryl methyl sites for hydroxylation is 1. The number of rotatable bonds is 8. The first-order chi connectivity index (χ1) is 15.9. The van der Waals surface area contributed by atoms with E-state index in [1.54, 1.807) is 0 Å². The molecule has 1 heterocycles. The molecule has 0 spiro atoms. The van der Waals surface area contributed by atoms with E-state index in [-0.39, 0.29) is 11.3 Å². The molecular weight excluding hydrogens is 410 g/mol. The molecule has 2 N–H and O–H groups in total. The van der Waals surface area contributed by atoms with E-state index in [4.69, 9.17) is 0 Å². The summed E-state index contributed by atoms with van der Waals surface area (Å²) in [5.74, 6) is 5.27. The minimum Gasteiger partial charge on any atom is -0.357 e. The normalized spacial score (nSPS) is 27.4. The first kappa shape index (κ1) is 22.2. The average molecular weight is 448 g/mol. The van der Waals surface area contributed by atoms with E-state index in [1.165, 1.54) is 38.5 Å². The highest BCUT2D eigenvalue weighted by molar-refractivity contribution is 5.91. The van der Waals surface area contributed by atoms with Crippen LogP contribution in [0, 0.1) is 30.1 Å². The van der Waals surface area contributed by atoms with Gasteiger partial charge in [-0.15, -0.1) is 0 Å². The Morgan fingerprint density at radius 1 is 0.970 bits per heavy atom. The molecule has 6 heteroatoms. The molecule has 0 aliphatic heterocycles. The smallest absolute Gasteiger partial charge is 0.224 e. The Hall–Kier alpha value is -2.63. The fraction of sp³-hybridized carbons (Fsp3) is 0.593. The molecule has 6 rings (SSSR count). The highest BCUT2D eigenvalue weighted by Gasteiger charge is 2.51. The van der Waals surface area contributed by atoms with Gasteiger partial charge in [-0.3, -0.25) is 4.79 Å². The topological polar surface area (TPSA) is 70.2 Å². The lowest BCUT2D eigenvalue weighted by Gasteiger charge is -2.56. The summed E-state index contributed by atoms with van der Waals surface area (Å²) in [5.41, 5.74) is 2.07. The number of carbonyl (C=O) groups is 1. The van der Waals surface area contributed by atoms with Crippen molar-refractivity contribution in [2.24, 2.45) is 23.2 Å². The zero-order chi connectivity index (χ0) is 23.0. The van der Waals surface area contributed by atoms with E-state index in [9.17, 15) is 4.79 Å². The first-order valence-electron chi connectivity index (χ1n) is 12.7. The number of hydrogen-bond acceptors (Lipinski definition) is 5. The Bertz CT molecular complexity index is 963. The van der Waals surface area contributed by atoms with E-state index in [2.05, 4.69) is 39.3 Å². The number of carbonyl (C=O) groups excluding carboxylic acids is 1. The van der Waals surface area contributed by atoms with Gasteiger partial charge in [0.1, 0.15) is 17.5 Å². The van der Waals surface area contributed by atoms with Crippen LogP contribution in [0.25, 0.3) is 0 Å². The van der Waals surface area contributed by atoms with Crippen LogP contribution in [0.4, 0.5) is 23.0 Å². The van der Waals surface area contributed by atoms with E-state index >= 15 is 0 Å². The van der Waals surface area contributed by atoms with Crippen molar-refractivity contribution >= 4 is 28.9 Å². The predicted octanol–water partition coefficient (Wildman–Crippen LogP) is 5.92. The highest BCUT2D eigenvalue weighted by Crippen LogP contribution is 2.61. The van der Waals surface area contributed by atoms with Gasteiger partial charge in [0.15, 0.2) is 0 Å². The van der Waals surface area contributed by atoms with Crippen molar-refractivity contribution in [3.63, 3.8) is 0 Å². The van der Waals surface area contributed by atoms with Crippen LogP contribution in [-0.2, 0) is 4.79 Å². The molecule has 0 unspecified atom stereocenters. The number of nitrogens with one attached hydrogen (secondary N) is 2. The average Bonchev–Trinajstić information content (AvgIpc) is 2.74. The van der Waals surface area contributed by atoms with Gasteiger partial charge in [-0.05, 0) is 107 Å². The molecule has 1 aromatic carbocycles. The van der Waals surface area contributed by atoms with Crippen LogP contribution < -0.4 is 15.5 Å². The van der Waals surface area contributed by atoms with E-state index in [1.807, 2.05) is 37.3 Å². The molecule has 0 radical (unpaired) electrons. The zero-order valence-corrected chi connectivity index (χ0v) is 20.2. The number of amides is 1. The number of nitrogens with zero attached hydrogens (tertiary/aromatic N) is 3. The monoisotopic (exact) mass is 447 g/mol. The van der Waals surface area contributed by atoms with Crippen LogP contribution in [0.5, 0.6) is 0 Å². The van der Waals surface area contributed by atoms with Crippen molar-refractivity contribution in [2.45, 2.75) is 65.7 Å². The third-order valence-electron chi connectivity index (χ3n) is 8.05. The number of aromatic nitrogens is 2. The summed E-state index contributed by atoms with van der Waals surface area (Å²) < 4.78 is 0. The fourth-order valence-electron chi connectivity index (χ4n) is 7.16. The SMILES string of the molecule is CCN(CC)c1cc(Nc2ccc(NC(=O)CC34CC5CC(CC(C5)C3)C4)cc2)nc(C)n1. The maximum absolute atomic E-state index is 12.9. The Labute approximate surface area is 197 Å². The molecule has 6 nitrogen and oxygen atoms in total. The van der Waals surface area contributed by atoms with E-state index < -0.39 is 0 Å². The second kappa shape index (κ2) is 8.96. The van der Waals surface area contributed by atoms with E-state index in [0.29, 0.717) is 6.42 Å². The van der Waals surface area contributed by atoms with Crippen molar-refractivity contribution in [1.82, 2.24) is 9.97 Å². The summed E-state index contributed by atoms with van der Waals surface area (Å²) in [4.78, 5) is 24.2. The Balaban J connectivity index is 1.20. The highest BCUT2D eigenvalue weighted by atomic mass is 16.1. The summed E-state index contributed by atoms with van der Waals surface area (Å²) in [7, 11) is 0. The van der Waals surface area contributed by atoms with Gasteiger partial charge >= 0.3 is 0 Å². The molecule has 33 heavy (non-hydrogen) atoms. The number of anilines is 4. The van der Waals surface area contributed by atoms with Gasteiger partial charge in [0, 0.05) is 37.0 Å². The van der Waals surface area contributed by atoms with Crippen LogP contribution in [0.1, 0.15) is 64.6 Å². The second-order valence-electron chi connectivity index (χ2n) is 10.7. The third-order valence-corrected chi connectivity index (χ3v) is 8.05. The third kappa shape index (κ3) is 4.85. The first-order valence-corrected chi connectivity index (χ1v) is 12.7. The maximum atomic E-state index is 12.9. The quantitative estimate of drug-likeness (QED) is 0.526. The predicted molar refractivity (Wildman–Crippen MR) is 134 cm³/mol. The lowest BCUT2D eigenvalue weighted by molar-refractivity contribution is -0.124. The summed E-state index contributed by atoms with van der Waals surface area (Å²) >= 11 is 0. The van der Waals surface area contributed by atoms with Gasteiger partial charge < -0.3 is 15.5 Å². The van der Waals surface area contributed by atoms with Gasteiger partial charge in [0.2, 0.25) is 5.91 Å². The van der Waals surface area contributed by atoms with Gasteiger partial charge in [0.05, 0.1) is 0 Å². The van der Waals surface area contributed by atoms with Crippen LogP contribution in [-0.4, -0.2) is 29.0 Å². The molecule has 176 valence electrons. The standard InChI is InChI=1S/C27H37N5O/c1-4-32(5-2)25-13-24(28-18(3)29-25)30-22-6-8-23(9-7-22)31-26(33)17-27-14-19-10-20(15-27)12-21(11-19)16-27/h6-9,13,19-21H,4-5,10-12,14-17H2,1-3H3,(H,31,33)(H,28,29,30). The summed E-state index contributed by atoms with van der Waals surface area (Å²) in [6, 6.07) is 9.92. The number of hydrogen-bond donors (Lipinski definition) is 2. The van der Waals surface area contributed by atoms with Gasteiger partial charge in [-0.2, -0.15) is 0 Å². The summed E-state index contributed by atoms with van der Waals surface area (Å²) in [5, 5.41) is 6.54. The van der Waals surface area contributed by atoms with Crippen molar-refractivity contribution in [3.05, 3.63) is 36.2 Å². The van der Waals surface area contributed by atoms with E-state index in [0.717, 1.165) is 59.7 Å². The van der Waals surface area contributed by atoms with Crippen LogP contribution in [0.2, 0.25) is 0 Å². The molecule has 0 saturated heterocycles. The largest absolute Gasteiger partial charge is 0.357 e. The molecule has 4 aliphatic rings. The molecule has 4 fully saturated rings. The van der Waals surface area contributed by atoms with Crippen LogP contribution in [0.3, 0.4) is 0 Å². The Morgan fingerprint density at radius 3 is 2.12 bits per heavy atom. The van der Waals surface area contributed by atoms with Gasteiger partial charge in [-0.25, -0.2) is 9.97 Å². The lowest BCUT2D eigenvalue weighted by atomic mass is 9.49. The second-order valence-corrected chi connectivity index (χ2v) is 10.7. The molecule has 1 amide bonds.